The van der Waals surface area contributed by atoms with Crippen LogP contribution < -0.4 is 5.73 Å². The summed E-state index contributed by atoms with van der Waals surface area (Å²) in [6.45, 7) is 0. The number of nitrogens with one attached hydrogen (secondary N) is 1. The third-order valence-electron chi connectivity index (χ3n) is 1.91. The molecule has 1 aromatic carbocycles. The van der Waals surface area contributed by atoms with Gasteiger partial charge in [0.1, 0.15) is 0 Å². The van der Waals surface area contributed by atoms with Gasteiger partial charge in [-0.1, -0.05) is 24.3 Å². The van der Waals surface area contributed by atoms with E-state index >= 15 is 0 Å². The van der Waals surface area contributed by atoms with Crippen LogP contribution in [0.3, 0.4) is 0 Å². The Labute approximate surface area is 75.2 Å². The fourth-order valence-corrected chi connectivity index (χ4v) is 1.30. The minimum absolute atomic E-state index is 0.359. The van der Waals surface area contributed by atoms with Crippen molar-refractivity contribution in [2.24, 2.45) is 0 Å². The number of aromatic nitrogens is 1. The average molecular weight is 171 g/mol. The predicted molar refractivity (Wildman–Crippen MR) is 49.2 cm³/mol. The molecule has 1 aromatic heterocycles. The minimum Gasteiger partial charge on any atom is -0.267 e. The highest BCUT2D eigenvalue weighted by Crippen LogP contribution is 2.16. The third-order valence-corrected chi connectivity index (χ3v) is 1.91. The molecule has 0 saturated heterocycles. The van der Waals surface area contributed by atoms with Crippen molar-refractivity contribution in [3.05, 3.63) is 42.2 Å². The average Bonchev–Trinajstić information content (AvgIpc) is 2.17. The number of carbonyl (C=O) groups is 1. The molecule has 0 atom stereocenters. The monoisotopic (exact) mass is 171 g/mol. The largest absolute Gasteiger partial charge is 0.271 e. The second-order valence-corrected chi connectivity index (χ2v) is 2.74. The van der Waals surface area contributed by atoms with Gasteiger partial charge in [0.15, 0.2) is 0 Å². The standard InChI is InChI=1S/C10H7N2O/c11-10(13)9-6-12-5-7-3-1-2-4-8(7)9/h1-6,11H. The lowest BCUT2D eigenvalue weighted by Crippen LogP contribution is -2.00. The number of rotatable bonds is 1. The Morgan fingerprint density at radius 1 is 1.23 bits per heavy atom. The number of benzene rings is 1. The lowest BCUT2D eigenvalue weighted by atomic mass is 10.1. The molecule has 2 aromatic rings. The van der Waals surface area contributed by atoms with Crippen molar-refractivity contribution in [3.63, 3.8) is 0 Å². The Morgan fingerprint density at radius 3 is 2.77 bits per heavy atom. The molecule has 2 rings (SSSR count). The Morgan fingerprint density at radius 2 is 2.00 bits per heavy atom. The number of hydrogen-bond donors (Lipinski definition) is 0. The van der Waals surface area contributed by atoms with Gasteiger partial charge in [0.2, 0.25) is 0 Å². The maximum atomic E-state index is 10.9. The molecule has 0 saturated carbocycles. The van der Waals surface area contributed by atoms with Crippen molar-refractivity contribution in [1.82, 2.24) is 10.7 Å². The molecule has 3 heteroatoms. The highest BCUT2D eigenvalue weighted by atomic mass is 16.1. The second-order valence-electron chi connectivity index (χ2n) is 2.74. The molecule has 0 spiro atoms. The van der Waals surface area contributed by atoms with Gasteiger partial charge in [0.05, 0.1) is 5.56 Å². The topological polar surface area (TPSA) is 53.8 Å². The molecule has 0 fully saturated rings. The molecule has 0 unspecified atom stereocenters. The van der Waals surface area contributed by atoms with Crippen LogP contribution in [0.1, 0.15) is 10.4 Å². The summed E-state index contributed by atoms with van der Waals surface area (Å²) in [6.07, 6.45) is 3.11. The number of carbonyl (C=O) groups excluding carboxylic acids is 1. The van der Waals surface area contributed by atoms with Gasteiger partial charge in [-0.2, -0.15) is 0 Å². The summed E-state index contributed by atoms with van der Waals surface area (Å²) in [6, 6.07) is 7.41. The van der Waals surface area contributed by atoms with Crippen LogP contribution in [-0.2, 0) is 0 Å². The molecule has 3 nitrogen and oxygen atoms in total. The fraction of sp³-hybridized carbons (Fsp3) is 0. The van der Waals surface area contributed by atoms with Crippen molar-refractivity contribution < 1.29 is 4.79 Å². The van der Waals surface area contributed by atoms with Gasteiger partial charge in [-0.25, -0.2) is 0 Å². The first-order valence-corrected chi connectivity index (χ1v) is 3.88. The van der Waals surface area contributed by atoms with Gasteiger partial charge in [-0.05, 0) is 5.39 Å². The molecule has 0 aliphatic heterocycles. The number of amides is 1. The lowest BCUT2D eigenvalue weighted by Gasteiger charge is -1.99. The molecule has 0 bridgehead atoms. The molecule has 1 N–H and O–H groups in total. The van der Waals surface area contributed by atoms with Crippen LogP contribution in [-0.4, -0.2) is 10.9 Å². The summed E-state index contributed by atoms with van der Waals surface area (Å²) in [5, 5.41) is 1.68. The molecular weight excluding hydrogens is 164 g/mol. The number of fused-ring (bicyclic) bond motifs is 1. The van der Waals surface area contributed by atoms with E-state index in [4.69, 9.17) is 5.73 Å². The molecule has 1 heterocycles. The Kier molecular flexibility index (Phi) is 1.70. The summed E-state index contributed by atoms with van der Waals surface area (Å²) in [5.41, 5.74) is 7.38. The van der Waals surface area contributed by atoms with E-state index < -0.39 is 5.91 Å². The van der Waals surface area contributed by atoms with E-state index in [9.17, 15) is 4.79 Å². The van der Waals surface area contributed by atoms with Crippen LogP contribution >= 0.6 is 0 Å². The molecule has 13 heavy (non-hydrogen) atoms. The molecule has 0 aliphatic carbocycles. The molecule has 1 radical (unpaired) electrons. The van der Waals surface area contributed by atoms with Crippen molar-refractivity contribution >= 4 is 16.7 Å². The summed E-state index contributed by atoms with van der Waals surface area (Å²) in [7, 11) is 0. The van der Waals surface area contributed by atoms with E-state index in [1.165, 1.54) is 6.20 Å². The van der Waals surface area contributed by atoms with Gasteiger partial charge in [-0.15, -0.1) is 0 Å². The van der Waals surface area contributed by atoms with Gasteiger partial charge < -0.3 is 0 Å². The van der Waals surface area contributed by atoms with E-state index in [1.54, 1.807) is 6.20 Å². The first-order valence-electron chi connectivity index (χ1n) is 3.88. The zero-order chi connectivity index (χ0) is 9.26. The quantitative estimate of drug-likeness (QED) is 0.655. The normalized spacial score (nSPS) is 10.2. The van der Waals surface area contributed by atoms with E-state index in [0.29, 0.717) is 5.56 Å². The van der Waals surface area contributed by atoms with Gasteiger partial charge in [-0.3, -0.25) is 15.5 Å². The summed E-state index contributed by atoms with van der Waals surface area (Å²) in [5.74, 6) is -0.690. The van der Waals surface area contributed by atoms with Crippen molar-refractivity contribution in [1.29, 1.82) is 0 Å². The number of hydrogen-bond acceptors (Lipinski definition) is 2. The van der Waals surface area contributed by atoms with Crippen molar-refractivity contribution in [2.75, 3.05) is 0 Å². The number of nitrogens with zero attached hydrogens (tertiary/aromatic N) is 1. The zero-order valence-corrected chi connectivity index (χ0v) is 6.82. The summed E-state index contributed by atoms with van der Waals surface area (Å²) in [4.78, 5) is 14.8. The highest BCUT2D eigenvalue weighted by Gasteiger charge is 2.05. The van der Waals surface area contributed by atoms with E-state index in [-0.39, 0.29) is 0 Å². The van der Waals surface area contributed by atoms with Gasteiger partial charge >= 0.3 is 0 Å². The summed E-state index contributed by atoms with van der Waals surface area (Å²) < 4.78 is 0. The Hall–Kier alpha value is -1.90. The van der Waals surface area contributed by atoms with Gasteiger partial charge in [0.25, 0.3) is 5.91 Å². The molecule has 0 aliphatic rings. The molecule has 1 amide bonds. The summed E-state index contributed by atoms with van der Waals surface area (Å²) >= 11 is 0. The smallest absolute Gasteiger partial charge is 0.267 e. The number of pyridine rings is 1. The maximum absolute atomic E-state index is 10.9. The maximum Gasteiger partial charge on any atom is 0.271 e. The first kappa shape index (κ1) is 7.73. The first-order chi connectivity index (χ1) is 6.29. The third kappa shape index (κ3) is 1.24. The highest BCUT2D eigenvalue weighted by molar-refractivity contribution is 6.05. The minimum atomic E-state index is -0.690. The van der Waals surface area contributed by atoms with Crippen molar-refractivity contribution in [2.45, 2.75) is 0 Å². The lowest BCUT2D eigenvalue weighted by molar-refractivity contribution is 0.0993. The van der Waals surface area contributed by atoms with Crippen LogP contribution in [0.15, 0.2) is 36.7 Å². The second kappa shape index (κ2) is 2.86. The van der Waals surface area contributed by atoms with Gasteiger partial charge in [0, 0.05) is 17.8 Å². The zero-order valence-electron chi connectivity index (χ0n) is 6.82. The Bertz CT molecular complexity index is 460. The fourth-order valence-electron chi connectivity index (χ4n) is 1.30. The van der Waals surface area contributed by atoms with Crippen molar-refractivity contribution in [3.8, 4) is 0 Å². The van der Waals surface area contributed by atoms with Crippen LogP contribution in [0.25, 0.3) is 10.8 Å². The SMILES string of the molecule is [NH]C(=O)c1cncc2ccccc12. The van der Waals surface area contributed by atoms with Crippen LogP contribution in [0, 0.1) is 0 Å². The Balaban J connectivity index is 2.83. The van der Waals surface area contributed by atoms with Crippen LogP contribution in [0.4, 0.5) is 0 Å². The van der Waals surface area contributed by atoms with E-state index in [1.807, 2.05) is 24.3 Å². The molecular formula is C10H7N2O. The predicted octanol–water partition coefficient (Wildman–Crippen LogP) is 1.66. The van der Waals surface area contributed by atoms with Crippen LogP contribution in [0.2, 0.25) is 0 Å². The van der Waals surface area contributed by atoms with Crippen LogP contribution in [0.5, 0.6) is 0 Å². The molecule has 63 valence electrons. The van der Waals surface area contributed by atoms with E-state index in [0.717, 1.165) is 10.8 Å². The van der Waals surface area contributed by atoms with E-state index in [2.05, 4.69) is 4.98 Å².